The van der Waals surface area contributed by atoms with E-state index in [1.807, 2.05) is 11.1 Å². The van der Waals surface area contributed by atoms with Crippen molar-refractivity contribution in [3.63, 3.8) is 0 Å². The molecular weight excluding hydrogens is 180 g/mol. The highest BCUT2D eigenvalue weighted by atomic mass is 14.5. The highest BCUT2D eigenvalue weighted by molar-refractivity contribution is 5.40. The van der Waals surface area contributed by atoms with Gasteiger partial charge < -0.3 is 0 Å². The Hall–Kier alpha value is -0.520. The van der Waals surface area contributed by atoms with E-state index in [-0.39, 0.29) is 0 Å². The minimum atomic E-state index is 0.786. The van der Waals surface area contributed by atoms with Gasteiger partial charge in [0.15, 0.2) is 0 Å². The number of hydrogen-bond acceptors (Lipinski definition) is 0. The number of fused-ring (bicyclic) bond motifs is 2. The zero-order valence-electron chi connectivity index (χ0n) is 9.84. The van der Waals surface area contributed by atoms with Gasteiger partial charge in [-0.15, -0.1) is 0 Å². The summed E-state index contributed by atoms with van der Waals surface area (Å²) in [4.78, 5) is 0. The highest BCUT2D eigenvalue weighted by Crippen LogP contribution is 2.56. The van der Waals surface area contributed by atoms with Crippen LogP contribution in [0.3, 0.4) is 0 Å². The second-order valence-electron chi connectivity index (χ2n) is 5.80. The Balaban J connectivity index is 1.66. The average molecular weight is 202 g/mol. The molecule has 3 rings (SSSR count). The highest BCUT2D eigenvalue weighted by Gasteiger charge is 2.44. The van der Waals surface area contributed by atoms with Crippen LogP contribution in [0.4, 0.5) is 0 Å². The normalized spacial score (nSPS) is 39.9. The summed E-state index contributed by atoms with van der Waals surface area (Å²) in [6, 6.07) is 0. The lowest BCUT2D eigenvalue weighted by Gasteiger charge is -2.03. The standard InChI is InChI=1S/C15H22/c1-11-6-4-2-3-5-7-12-9-14(12)15-10-13(15)8-11/h4,6,11-12,14H,2-3,5,7-10H2,1H3. The van der Waals surface area contributed by atoms with E-state index in [2.05, 4.69) is 19.1 Å². The molecular formula is C15H22. The van der Waals surface area contributed by atoms with Gasteiger partial charge in [-0.2, -0.15) is 0 Å². The Morgan fingerprint density at radius 2 is 2.20 bits per heavy atom. The van der Waals surface area contributed by atoms with Gasteiger partial charge >= 0.3 is 0 Å². The number of hydrogen-bond donors (Lipinski definition) is 0. The fourth-order valence-electron chi connectivity index (χ4n) is 3.23. The van der Waals surface area contributed by atoms with E-state index in [1.165, 1.54) is 44.9 Å². The third-order valence-electron chi connectivity index (χ3n) is 4.33. The van der Waals surface area contributed by atoms with Crippen LogP contribution in [0.5, 0.6) is 0 Å². The molecule has 0 heteroatoms. The van der Waals surface area contributed by atoms with Crippen LogP contribution in [-0.2, 0) is 0 Å². The van der Waals surface area contributed by atoms with Gasteiger partial charge in [-0.25, -0.2) is 0 Å². The quantitative estimate of drug-likeness (QED) is 0.508. The van der Waals surface area contributed by atoms with Crippen LogP contribution in [0.15, 0.2) is 23.3 Å². The van der Waals surface area contributed by atoms with Crippen molar-refractivity contribution in [3.05, 3.63) is 23.3 Å². The van der Waals surface area contributed by atoms with E-state index in [0.717, 1.165) is 17.8 Å². The van der Waals surface area contributed by atoms with Gasteiger partial charge in [0.2, 0.25) is 0 Å². The SMILES string of the molecule is CC1C=CCCCCC2CC2C2=C(C2)C1. The molecule has 3 unspecified atom stereocenters. The van der Waals surface area contributed by atoms with Gasteiger partial charge in [-0.1, -0.05) is 36.6 Å². The minimum absolute atomic E-state index is 0.786. The molecule has 0 radical (unpaired) electrons. The summed E-state index contributed by atoms with van der Waals surface area (Å²) in [5, 5.41) is 0. The van der Waals surface area contributed by atoms with Crippen LogP contribution in [0.1, 0.15) is 51.9 Å². The average Bonchev–Trinajstić information content (AvgIpc) is 3.04. The zero-order valence-corrected chi connectivity index (χ0v) is 9.84. The van der Waals surface area contributed by atoms with Crippen molar-refractivity contribution >= 4 is 0 Å². The first-order chi connectivity index (χ1) is 7.34. The summed E-state index contributed by atoms with van der Waals surface area (Å²) in [6.07, 6.45) is 14.8. The van der Waals surface area contributed by atoms with Crippen molar-refractivity contribution in [2.45, 2.75) is 51.9 Å². The predicted molar refractivity (Wildman–Crippen MR) is 64.6 cm³/mol. The van der Waals surface area contributed by atoms with Gasteiger partial charge in [0, 0.05) is 0 Å². The van der Waals surface area contributed by atoms with Gasteiger partial charge in [0.05, 0.1) is 0 Å². The van der Waals surface area contributed by atoms with Crippen LogP contribution < -0.4 is 0 Å². The lowest BCUT2D eigenvalue weighted by Crippen LogP contribution is -1.88. The van der Waals surface area contributed by atoms with Gasteiger partial charge in [0.25, 0.3) is 0 Å². The smallest absolute Gasteiger partial charge is 0.00997 e. The lowest BCUT2D eigenvalue weighted by atomic mass is 10.0. The maximum atomic E-state index is 2.44. The molecule has 0 N–H and O–H groups in total. The van der Waals surface area contributed by atoms with Gasteiger partial charge in [-0.05, 0) is 56.3 Å². The van der Waals surface area contributed by atoms with Crippen LogP contribution >= 0.6 is 0 Å². The third kappa shape index (κ3) is 2.19. The number of rotatable bonds is 0. The lowest BCUT2D eigenvalue weighted by molar-refractivity contribution is 0.610. The zero-order chi connectivity index (χ0) is 10.3. The van der Waals surface area contributed by atoms with Gasteiger partial charge in [0.1, 0.15) is 0 Å². The van der Waals surface area contributed by atoms with E-state index < -0.39 is 0 Å². The molecule has 15 heavy (non-hydrogen) atoms. The van der Waals surface area contributed by atoms with E-state index in [0.29, 0.717) is 0 Å². The van der Waals surface area contributed by atoms with E-state index in [1.54, 1.807) is 0 Å². The molecule has 0 bridgehead atoms. The van der Waals surface area contributed by atoms with Crippen molar-refractivity contribution in [2.75, 3.05) is 0 Å². The first-order valence-electron chi connectivity index (χ1n) is 6.72. The van der Waals surface area contributed by atoms with Crippen molar-refractivity contribution in [1.29, 1.82) is 0 Å². The number of allylic oxidation sites excluding steroid dienone is 4. The molecule has 3 aliphatic rings. The fraction of sp³-hybridized carbons (Fsp3) is 0.733. The van der Waals surface area contributed by atoms with E-state index in [4.69, 9.17) is 0 Å². The van der Waals surface area contributed by atoms with Crippen molar-refractivity contribution in [1.82, 2.24) is 0 Å². The summed E-state index contributed by atoms with van der Waals surface area (Å²) in [5.41, 5.74) is 3.70. The molecule has 1 fully saturated rings. The molecule has 0 amide bonds. The Labute approximate surface area is 93.5 Å². The molecule has 0 spiro atoms. The maximum absolute atomic E-state index is 2.44. The topological polar surface area (TPSA) is 0 Å². The largest absolute Gasteiger partial charge is 0.0883 e. The van der Waals surface area contributed by atoms with Crippen molar-refractivity contribution in [3.8, 4) is 0 Å². The van der Waals surface area contributed by atoms with E-state index >= 15 is 0 Å². The molecule has 0 saturated heterocycles. The van der Waals surface area contributed by atoms with E-state index in [9.17, 15) is 0 Å². The molecule has 1 saturated carbocycles. The fourth-order valence-corrected chi connectivity index (χ4v) is 3.23. The van der Waals surface area contributed by atoms with Gasteiger partial charge in [-0.3, -0.25) is 0 Å². The van der Waals surface area contributed by atoms with Crippen molar-refractivity contribution in [2.24, 2.45) is 17.8 Å². The molecule has 82 valence electrons. The summed E-state index contributed by atoms with van der Waals surface area (Å²) < 4.78 is 0. The molecule has 3 aliphatic carbocycles. The Morgan fingerprint density at radius 1 is 1.27 bits per heavy atom. The monoisotopic (exact) mass is 202 g/mol. The first kappa shape index (κ1) is 9.69. The third-order valence-corrected chi connectivity index (χ3v) is 4.33. The summed E-state index contributed by atoms with van der Waals surface area (Å²) >= 11 is 0. The maximum Gasteiger partial charge on any atom is -0.00997 e. The Bertz CT molecular complexity index is 308. The second-order valence-corrected chi connectivity index (χ2v) is 5.80. The summed E-state index contributed by atoms with van der Waals surface area (Å²) in [5.74, 6) is 2.93. The van der Waals surface area contributed by atoms with Crippen LogP contribution in [0, 0.1) is 17.8 Å². The first-order valence-corrected chi connectivity index (χ1v) is 6.72. The summed E-state index contributed by atoms with van der Waals surface area (Å²) in [7, 11) is 0. The molecule has 0 aromatic carbocycles. The summed E-state index contributed by atoms with van der Waals surface area (Å²) in [6.45, 7) is 2.37. The molecule has 0 heterocycles. The Morgan fingerprint density at radius 3 is 3.13 bits per heavy atom. The molecule has 0 nitrogen and oxygen atoms in total. The molecule has 3 atom stereocenters. The molecule has 0 aromatic heterocycles. The van der Waals surface area contributed by atoms with Crippen LogP contribution in [0.25, 0.3) is 0 Å². The van der Waals surface area contributed by atoms with Crippen molar-refractivity contribution < 1.29 is 0 Å². The Kier molecular flexibility index (Phi) is 2.46. The predicted octanol–water partition coefficient (Wildman–Crippen LogP) is 4.48. The second kappa shape index (κ2) is 3.81. The molecule has 0 aromatic rings. The van der Waals surface area contributed by atoms with Crippen LogP contribution in [0.2, 0.25) is 0 Å². The molecule has 0 aliphatic heterocycles. The minimum Gasteiger partial charge on any atom is -0.0883 e. The van der Waals surface area contributed by atoms with Crippen LogP contribution in [-0.4, -0.2) is 0 Å².